The van der Waals surface area contributed by atoms with Gasteiger partial charge in [0, 0.05) is 17.7 Å². The van der Waals surface area contributed by atoms with Gasteiger partial charge in [-0.3, -0.25) is 4.79 Å². The quantitative estimate of drug-likeness (QED) is 0.926. The minimum absolute atomic E-state index is 0.102. The summed E-state index contributed by atoms with van der Waals surface area (Å²) >= 11 is 6.44. The number of halogens is 1. The van der Waals surface area contributed by atoms with Crippen LogP contribution in [-0.2, 0) is 0 Å². The summed E-state index contributed by atoms with van der Waals surface area (Å²) in [7, 11) is 3.11. The maximum Gasteiger partial charge on any atom is 0.179 e. The normalized spacial score (nSPS) is 16.7. The van der Waals surface area contributed by atoms with Crippen LogP contribution in [0.1, 0.15) is 28.4 Å². The van der Waals surface area contributed by atoms with Crippen LogP contribution in [0.4, 0.5) is 5.69 Å². The van der Waals surface area contributed by atoms with Crippen molar-refractivity contribution in [3.8, 4) is 11.5 Å². The Bertz CT molecular complexity index is 730. The van der Waals surface area contributed by atoms with Crippen LogP contribution in [0.15, 0.2) is 36.4 Å². The predicted molar refractivity (Wildman–Crippen MR) is 86.3 cm³/mol. The summed E-state index contributed by atoms with van der Waals surface area (Å²) in [5.41, 5.74) is 2.37. The third-order valence-corrected chi connectivity index (χ3v) is 4.23. The predicted octanol–water partition coefficient (Wildman–Crippen LogP) is 4.10. The minimum atomic E-state index is -0.185. The highest BCUT2D eigenvalue weighted by Gasteiger charge is 2.28. The summed E-state index contributed by atoms with van der Waals surface area (Å²) < 4.78 is 10.6. The molecule has 22 heavy (non-hydrogen) atoms. The molecule has 4 nitrogen and oxygen atoms in total. The van der Waals surface area contributed by atoms with E-state index >= 15 is 0 Å². The fourth-order valence-electron chi connectivity index (χ4n) is 2.75. The zero-order valence-corrected chi connectivity index (χ0v) is 13.1. The topological polar surface area (TPSA) is 47.6 Å². The number of ether oxygens (including phenoxy) is 2. The number of para-hydroxylation sites is 1. The van der Waals surface area contributed by atoms with Crippen molar-refractivity contribution in [1.82, 2.24) is 0 Å². The summed E-state index contributed by atoms with van der Waals surface area (Å²) in [5.74, 6) is 1.15. The first-order chi connectivity index (χ1) is 10.7. The molecule has 3 rings (SSSR count). The number of hydrogen-bond donors (Lipinski definition) is 1. The molecule has 0 aliphatic carbocycles. The number of nitrogens with one attached hydrogen (secondary N) is 1. The van der Waals surface area contributed by atoms with Gasteiger partial charge in [0.1, 0.15) is 0 Å². The van der Waals surface area contributed by atoms with Gasteiger partial charge in [-0.1, -0.05) is 29.8 Å². The summed E-state index contributed by atoms with van der Waals surface area (Å²) in [6.07, 6.45) is 0.353. The second-order valence-electron chi connectivity index (χ2n) is 5.07. The standard InChI is InChI=1S/C17H16ClNO3/c1-21-15-8-7-11(16(18)17(15)22-2)13-9-14(20)10-5-3-4-6-12(10)19-13/h3-8,13,19H,9H2,1-2H3. The van der Waals surface area contributed by atoms with Crippen LogP contribution in [0, 0.1) is 0 Å². The van der Waals surface area contributed by atoms with Gasteiger partial charge < -0.3 is 14.8 Å². The first-order valence-corrected chi connectivity index (χ1v) is 7.32. The molecule has 2 aromatic carbocycles. The van der Waals surface area contributed by atoms with Crippen molar-refractivity contribution in [3.63, 3.8) is 0 Å². The molecule has 0 fully saturated rings. The molecule has 1 unspecified atom stereocenters. The molecule has 0 radical (unpaired) electrons. The zero-order chi connectivity index (χ0) is 15.7. The van der Waals surface area contributed by atoms with Crippen molar-refractivity contribution in [3.05, 3.63) is 52.5 Å². The van der Waals surface area contributed by atoms with Gasteiger partial charge in [0.2, 0.25) is 0 Å². The highest BCUT2D eigenvalue weighted by molar-refractivity contribution is 6.33. The van der Waals surface area contributed by atoms with Gasteiger partial charge in [-0.05, 0) is 23.8 Å². The molecule has 114 valence electrons. The molecule has 0 bridgehead atoms. The van der Waals surface area contributed by atoms with E-state index in [1.54, 1.807) is 20.3 Å². The number of hydrogen-bond acceptors (Lipinski definition) is 4. The van der Waals surface area contributed by atoms with E-state index in [4.69, 9.17) is 21.1 Å². The molecule has 0 aromatic heterocycles. The molecule has 2 aromatic rings. The monoisotopic (exact) mass is 317 g/mol. The number of Topliss-reactive ketones (excluding diaryl/α,β-unsaturated/α-hetero) is 1. The Kier molecular flexibility index (Phi) is 3.94. The van der Waals surface area contributed by atoms with Crippen molar-refractivity contribution < 1.29 is 14.3 Å². The van der Waals surface area contributed by atoms with Crippen LogP contribution < -0.4 is 14.8 Å². The highest BCUT2D eigenvalue weighted by atomic mass is 35.5. The molecule has 0 saturated carbocycles. The van der Waals surface area contributed by atoms with E-state index in [9.17, 15) is 4.79 Å². The molecule has 0 saturated heterocycles. The van der Waals surface area contributed by atoms with Crippen LogP contribution in [0.25, 0.3) is 0 Å². The summed E-state index contributed by atoms with van der Waals surface area (Å²) in [4.78, 5) is 12.3. The van der Waals surface area contributed by atoms with E-state index in [2.05, 4.69) is 5.32 Å². The lowest BCUT2D eigenvalue weighted by Crippen LogP contribution is -2.23. The number of carbonyl (C=O) groups excluding carboxylic acids is 1. The SMILES string of the molecule is COc1ccc(C2CC(=O)c3ccccc3N2)c(Cl)c1OC. The van der Waals surface area contributed by atoms with E-state index in [1.165, 1.54) is 0 Å². The largest absolute Gasteiger partial charge is 0.493 e. The Morgan fingerprint density at radius 1 is 1.14 bits per heavy atom. The number of fused-ring (bicyclic) bond motifs is 1. The Hall–Kier alpha value is -2.20. The number of ketones is 1. The average Bonchev–Trinajstić information content (AvgIpc) is 2.54. The lowest BCUT2D eigenvalue weighted by molar-refractivity contribution is 0.0972. The maximum absolute atomic E-state index is 12.3. The summed E-state index contributed by atoms with van der Waals surface area (Å²) in [5, 5.41) is 3.84. The lowest BCUT2D eigenvalue weighted by atomic mass is 9.92. The van der Waals surface area contributed by atoms with E-state index < -0.39 is 0 Å². The third-order valence-electron chi connectivity index (χ3n) is 3.84. The Morgan fingerprint density at radius 2 is 1.91 bits per heavy atom. The smallest absolute Gasteiger partial charge is 0.179 e. The molecule has 1 N–H and O–H groups in total. The number of carbonyl (C=O) groups is 1. The van der Waals surface area contributed by atoms with Crippen LogP contribution in [0.3, 0.4) is 0 Å². The van der Waals surface area contributed by atoms with Gasteiger partial charge >= 0.3 is 0 Å². The van der Waals surface area contributed by atoms with E-state index in [0.717, 1.165) is 16.8 Å². The van der Waals surface area contributed by atoms with Crippen molar-refractivity contribution in [2.45, 2.75) is 12.5 Å². The fraction of sp³-hybridized carbons (Fsp3) is 0.235. The zero-order valence-electron chi connectivity index (χ0n) is 12.4. The summed E-state index contributed by atoms with van der Waals surface area (Å²) in [6, 6.07) is 11.0. The average molecular weight is 318 g/mol. The fourth-order valence-corrected chi connectivity index (χ4v) is 3.11. The van der Waals surface area contributed by atoms with Gasteiger partial charge in [0.05, 0.1) is 25.3 Å². The molecule has 1 atom stereocenters. The van der Waals surface area contributed by atoms with E-state index in [1.807, 2.05) is 30.3 Å². The number of methoxy groups -OCH3 is 2. The van der Waals surface area contributed by atoms with Gasteiger partial charge in [-0.15, -0.1) is 0 Å². The molecular formula is C17H16ClNO3. The summed E-state index contributed by atoms with van der Waals surface area (Å²) in [6.45, 7) is 0. The maximum atomic E-state index is 12.3. The van der Waals surface area contributed by atoms with Crippen molar-refractivity contribution in [2.24, 2.45) is 0 Å². The van der Waals surface area contributed by atoms with Crippen LogP contribution in [0.5, 0.6) is 11.5 Å². The van der Waals surface area contributed by atoms with E-state index in [0.29, 0.717) is 22.9 Å². The van der Waals surface area contributed by atoms with Crippen molar-refractivity contribution in [1.29, 1.82) is 0 Å². The van der Waals surface area contributed by atoms with Gasteiger partial charge in [-0.25, -0.2) is 0 Å². The van der Waals surface area contributed by atoms with E-state index in [-0.39, 0.29) is 11.8 Å². The second kappa shape index (κ2) is 5.89. The molecule has 0 amide bonds. The molecule has 1 aliphatic heterocycles. The molecular weight excluding hydrogens is 302 g/mol. The first kappa shape index (κ1) is 14.7. The van der Waals surface area contributed by atoms with Crippen LogP contribution >= 0.6 is 11.6 Å². The van der Waals surface area contributed by atoms with Gasteiger partial charge in [0.15, 0.2) is 17.3 Å². The lowest BCUT2D eigenvalue weighted by Gasteiger charge is -2.27. The van der Waals surface area contributed by atoms with Gasteiger partial charge in [-0.2, -0.15) is 0 Å². The first-order valence-electron chi connectivity index (χ1n) is 6.95. The number of rotatable bonds is 3. The highest BCUT2D eigenvalue weighted by Crippen LogP contribution is 2.42. The Labute approximate surface area is 134 Å². The number of benzene rings is 2. The number of anilines is 1. The third kappa shape index (κ3) is 2.40. The Balaban J connectivity index is 2.01. The van der Waals surface area contributed by atoms with Gasteiger partial charge in [0.25, 0.3) is 0 Å². The molecule has 5 heteroatoms. The molecule has 1 heterocycles. The second-order valence-corrected chi connectivity index (χ2v) is 5.45. The molecule has 0 spiro atoms. The van der Waals surface area contributed by atoms with Crippen molar-refractivity contribution >= 4 is 23.1 Å². The van der Waals surface area contributed by atoms with Crippen LogP contribution in [-0.4, -0.2) is 20.0 Å². The van der Waals surface area contributed by atoms with Crippen LogP contribution in [0.2, 0.25) is 5.02 Å². The molecule has 1 aliphatic rings. The Morgan fingerprint density at radius 3 is 2.64 bits per heavy atom. The minimum Gasteiger partial charge on any atom is -0.493 e. The van der Waals surface area contributed by atoms with Crippen molar-refractivity contribution in [2.75, 3.05) is 19.5 Å².